The van der Waals surface area contributed by atoms with Crippen LogP contribution in [0.1, 0.15) is 18.4 Å². The number of anilines is 1. The summed E-state index contributed by atoms with van der Waals surface area (Å²) >= 11 is 0. The molecule has 4 nitrogen and oxygen atoms in total. The van der Waals surface area contributed by atoms with Crippen molar-refractivity contribution in [3.8, 4) is 0 Å². The second-order valence-corrected chi connectivity index (χ2v) is 4.68. The van der Waals surface area contributed by atoms with E-state index in [2.05, 4.69) is 28.8 Å². The standard InChI is InChI=1S/C13H20N4/c1-10(14)11-3-6-15-13(9-11)16-12-4-7-17(2)8-5-12/h3,6,9,12H,1,4-5,7-8,14H2,2H3,(H,15,16). The molecule has 3 N–H and O–H groups in total. The molecular weight excluding hydrogens is 212 g/mol. The summed E-state index contributed by atoms with van der Waals surface area (Å²) < 4.78 is 0. The minimum Gasteiger partial charge on any atom is -0.399 e. The number of likely N-dealkylation sites (tertiary alicyclic amines) is 1. The number of hydrogen-bond acceptors (Lipinski definition) is 4. The van der Waals surface area contributed by atoms with Crippen molar-refractivity contribution in [1.29, 1.82) is 0 Å². The number of rotatable bonds is 3. The van der Waals surface area contributed by atoms with Crippen LogP contribution in [-0.4, -0.2) is 36.1 Å². The maximum absolute atomic E-state index is 5.68. The third-order valence-corrected chi connectivity index (χ3v) is 3.20. The summed E-state index contributed by atoms with van der Waals surface area (Å²) in [5.74, 6) is 0.892. The molecule has 0 spiro atoms. The lowest BCUT2D eigenvalue weighted by atomic mass is 10.1. The van der Waals surface area contributed by atoms with Crippen molar-refractivity contribution < 1.29 is 0 Å². The molecule has 1 aliphatic rings. The molecule has 0 aromatic carbocycles. The highest BCUT2D eigenvalue weighted by molar-refractivity contribution is 5.62. The van der Waals surface area contributed by atoms with Crippen molar-refractivity contribution in [2.24, 2.45) is 5.73 Å². The van der Waals surface area contributed by atoms with Crippen LogP contribution in [-0.2, 0) is 0 Å². The van der Waals surface area contributed by atoms with Gasteiger partial charge in [0.25, 0.3) is 0 Å². The first-order chi connectivity index (χ1) is 8.15. The van der Waals surface area contributed by atoms with Crippen LogP contribution < -0.4 is 11.1 Å². The van der Waals surface area contributed by atoms with E-state index in [1.807, 2.05) is 12.1 Å². The molecular formula is C13H20N4. The zero-order valence-electron chi connectivity index (χ0n) is 10.3. The fourth-order valence-corrected chi connectivity index (χ4v) is 2.07. The normalized spacial score (nSPS) is 17.9. The van der Waals surface area contributed by atoms with E-state index in [4.69, 9.17) is 5.73 Å². The molecule has 17 heavy (non-hydrogen) atoms. The molecule has 4 heteroatoms. The predicted octanol–water partition coefficient (Wildman–Crippen LogP) is 1.52. The fourth-order valence-electron chi connectivity index (χ4n) is 2.07. The van der Waals surface area contributed by atoms with E-state index in [1.54, 1.807) is 6.20 Å². The lowest BCUT2D eigenvalue weighted by Crippen LogP contribution is -2.36. The minimum atomic E-state index is 0.514. The second kappa shape index (κ2) is 5.19. The molecule has 1 aliphatic heterocycles. The van der Waals surface area contributed by atoms with E-state index in [9.17, 15) is 0 Å². The molecule has 1 fully saturated rings. The van der Waals surface area contributed by atoms with Gasteiger partial charge in [-0.15, -0.1) is 0 Å². The number of hydrogen-bond donors (Lipinski definition) is 2. The molecule has 0 amide bonds. The number of piperidine rings is 1. The Morgan fingerprint density at radius 3 is 2.88 bits per heavy atom. The molecule has 2 heterocycles. The molecule has 92 valence electrons. The molecule has 0 unspecified atom stereocenters. The maximum Gasteiger partial charge on any atom is 0.126 e. The molecule has 0 bridgehead atoms. The molecule has 2 rings (SSSR count). The third kappa shape index (κ3) is 3.20. The molecule has 0 atom stereocenters. The summed E-state index contributed by atoms with van der Waals surface area (Å²) in [6, 6.07) is 4.35. The van der Waals surface area contributed by atoms with Crippen LogP contribution in [0.2, 0.25) is 0 Å². The van der Waals surface area contributed by atoms with E-state index in [0.717, 1.165) is 37.3 Å². The highest BCUT2D eigenvalue weighted by Crippen LogP contribution is 2.16. The van der Waals surface area contributed by atoms with Crippen LogP contribution in [0.15, 0.2) is 24.9 Å². The van der Waals surface area contributed by atoms with Crippen molar-refractivity contribution >= 4 is 11.5 Å². The van der Waals surface area contributed by atoms with Gasteiger partial charge in [-0.1, -0.05) is 6.58 Å². The smallest absolute Gasteiger partial charge is 0.126 e. The van der Waals surface area contributed by atoms with E-state index in [1.165, 1.54) is 0 Å². The first-order valence-electron chi connectivity index (χ1n) is 6.01. The Labute approximate surface area is 103 Å². The first-order valence-corrected chi connectivity index (χ1v) is 6.01. The number of pyridine rings is 1. The van der Waals surface area contributed by atoms with Crippen LogP contribution >= 0.6 is 0 Å². The van der Waals surface area contributed by atoms with Crippen molar-refractivity contribution in [1.82, 2.24) is 9.88 Å². The Bertz CT molecular complexity index is 394. The Balaban J connectivity index is 1.98. The van der Waals surface area contributed by atoms with Gasteiger partial charge in [0.2, 0.25) is 0 Å². The monoisotopic (exact) mass is 232 g/mol. The number of nitrogens with one attached hydrogen (secondary N) is 1. The van der Waals surface area contributed by atoms with E-state index in [0.29, 0.717) is 11.7 Å². The highest BCUT2D eigenvalue weighted by Gasteiger charge is 2.16. The van der Waals surface area contributed by atoms with E-state index >= 15 is 0 Å². The summed E-state index contributed by atoms with van der Waals surface area (Å²) in [5, 5.41) is 3.46. The van der Waals surface area contributed by atoms with E-state index < -0.39 is 0 Å². The van der Waals surface area contributed by atoms with Crippen LogP contribution in [0.3, 0.4) is 0 Å². The van der Waals surface area contributed by atoms with Crippen molar-refractivity contribution in [2.45, 2.75) is 18.9 Å². The SMILES string of the molecule is C=C(N)c1ccnc(NC2CCN(C)CC2)c1. The van der Waals surface area contributed by atoms with E-state index in [-0.39, 0.29) is 0 Å². The van der Waals surface area contributed by atoms with Crippen molar-refractivity contribution in [2.75, 3.05) is 25.5 Å². The highest BCUT2D eigenvalue weighted by atomic mass is 15.1. The van der Waals surface area contributed by atoms with Gasteiger partial charge in [0.1, 0.15) is 5.82 Å². The molecule has 1 saturated heterocycles. The van der Waals surface area contributed by atoms with Crippen LogP contribution in [0.25, 0.3) is 5.70 Å². The van der Waals surface area contributed by atoms with Crippen LogP contribution in [0, 0.1) is 0 Å². The van der Waals surface area contributed by atoms with Gasteiger partial charge in [0, 0.05) is 23.5 Å². The molecule has 0 aliphatic carbocycles. The van der Waals surface area contributed by atoms with Gasteiger partial charge in [0.15, 0.2) is 0 Å². The first kappa shape index (κ1) is 11.9. The predicted molar refractivity (Wildman–Crippen MR) is 71.6 cm³/mol. The van der Waals surface area contributed by atoms with Gasteiger partial charge in [0.05, 0.1) is 0 Å². The average molecular weight is 232 g/mol. The Morgan fingerprint density at radius 2 is 2.24 bits per heavy atom. The molecule has 0 saturated carbocycles. The lowest BCUT2D eigenvalue weighted by Gasteiger charge is -2.29. The largest absolute Gasteiger partial charge is 0.399 e. The maximum atomic E-state index is 5.68. The Morgan fingerprint density at radius 1 is 1.53 bits per heavy atom. The fraction of sp³-hybridized carbons (Fsp3) is 0.462. The summed E-state index contributed by atoms with van der Waals surface area (Å²) in [6.07, 6.45) is 4.09. The Kier molecular flexibility index (Phi) is 3.64. The van der Waals surface area contributed by atoms with Gasteiger partial charge in [-0.05, 0) is 45.1 Å². The zero-order valence-corrected chi connectivity index (χ0v) is 10.3. The number of nitrogens with zero attached hydrogens (tertiary/aromatic N) is 2. The zero-order chi connectivity index (χ0) is 12.3. The quantitative estimate of drug-likeness (QED) is 0.829. The number of nitrogens with two attached hydrogens (primary N) is 1. The van der Waals surface area contributed by atoms with Gasteiger partial charge >= 0.3 is 0 Å². The lowest BCUT2D eigenvalue weighted by molar-refractivity contribution is 0.263. The van der Waals surface area contributed by atoms with Crippen LogP contribution in [0.5, 0.6) is 0 Å². The molecule has 1 aromatic heterocycles. The average Bonchev–Trinajstić information content (AvgIpc) is 2.32. The van der Waals surface area contributed by atoms with Crippen molar-refractivity contribution in [3.63, 3.8) is 0 Å². The summed E-state index contributed by atoms with van der Waals surface area (Å²) in [4.78, 5) is 6.66. The summed E-state index contributed by atoms with van der Waals surface area (Å²) in [5.41, 5.74) is 7.20. The van der Waals surface area contributed by atoms with Gasteiger partial charge in [-0.2, -0.15) is 0 Å². The van der Waals surface area contributed by atoms with Gasteiger partial charge in [-0.3, -0.25) is 0 Å². The third-order valence-electron chi connectivity index (χ3n) is 3.20. The minimum absolute atomic E-state index is 0.514. The number of aromatic nitrogens is 1. The summed E-state index contributed by atoms with van der Waals surface area (Å²) in [6.45, 7) is 6.02. The van der Waals surface area contributed by atoms with Gasteiger partial charge < -0.3 is 16.0 Å². The van der Waals surface area contributed by atoms with Gasteiger partial charge in [-0.25, -0.2) is 4.98 Å². The second-order valence-electron chi connectivity index (χ2n) is 4.68. The topological polar surface area (TPSA) is 54.2 Å². The van der Waals surface area contributed by atoms with Crippen LogP contribution in [0.4, 0.5) is 5.82 Å². The van der Waals surface area contributed by atoms with Crippen molar-refractivity contribution in [3.05, 3.63) is 30.5 Å². The summed E-state index contributed by atoms with van der Waals surface area (Å²) in [7, 11) is 2.16. The Hall–Kier alpha value is -1.55. The molecule has 0 radical (unpaired) electrons. The molecule has 1 aromatic rings.